The number of carbonyl (C=O) groups is 2. The van der Waals surface area contributed by atoms with Gasteiger partial charge in [0.2, 0.25) is 12.2 Å². The van der Waals surface area contributed by atoms with E-state index >= 15 is 0 Å². The van der Waals surface area contributed by atoms with Crippen molar-refractivity contribution >= 4 is 51.9 Å². The highest BCUT2D eigenvalue weighted by molar-refractivity contribution is 6.40. The number of nitrogens with two attached hydrogens (primary N) is 1. The molecule has 0 aliphatic carbocycles. The molecule has 2 heterocycles. The van der Waals surface area contributed by atoms with E-state index in [1.165, 1.54) is 6.19 Å². The van der Waals surface area contributed by atoms with E-state index in [0.717, 1.165) is 40.7 Å². The molecular weight excluding hydrogens is 507 g/mol. The standard InChI is InChI=1S/C23H22Cl2N8O3/c24-16-6-14-10-33(9-12-1-2-13-7-30-32-17(13)5-12)4-3-15(14)20(25)19(16)21(34)31-18(22(35)36)8-28-23(27)29-11-26/h1-2,5-7,18H,3-4,8-10H2,(H,30,32)(H,31,34)(H,35,36)(H3,27,28,29)/t18-/m0/s1. The van der Waals surface area contributed by atoms with Gasteiger partial charge in [0, 0.05) is 31.6 Å². The van der Waals surface area contributed by atoms with E-state index in [9.17, 15) is 14.7 Å². The number of amides is 1. The first kappa shape index (κ1) is 25.2. The molecule has 0 bridgehead atoms. The molecular formula is C23H22Cl2N8O3. The third-order valence-electron chi connectivity index (χ3n) is 5.88. The number of rotatable bonds is 7. The Labute approximate surface area is 215 Å². The Hall–Kier alpha value is -3.85. The molecule has 3 aromatic rings. The summed E-state index contributed by atoms with van der Waals surface area (Å²) < 4.78 is 0. The lowest BCUT2D eigenvalue weighted by Crippen LogP contribution is -2.49. The molecule has 0 unspecified atom stereocenters. The lowest BCUT2D eigenvalue weighted by Gasteiger charge is -2.30. The van der Waals surface area contributed by atoms with Gasteiger partial charge in [-0.2, -0.15) is 10.4 Å². The molecule has 1 aliphatic rings. The van der Waals surface area contributed by atoms with Crippen LogP contribution in [0.4, 0.5) is 0 Å². The van der Waals surface area contributed by atoms with Crippen LogP contribution in [0.5, 0.6) is 0 Å². The summed E-state index contributed by atoms with van der Waals surface area (Å²) in [7, 11) is 0. The largest absolute Gasteiger partial charge is 0.480 e. The molecule has 0 saturated carbocycles. The molecule has 36 heavy (non-hydrogen) atoms. The lowest BCUT2D eigenvalue weighted by atomic mass is 9.96. The van der Waals surface area contributed by atoms with Crippen molar-refractivity contribution in [1.29, 1.82) is 5.26 Å². The second-order valence-corrected chi connectivity index (χ2v) is 9.06. The lowest BCUT2D eigenvalue weighted by molar-refractivity contribution is -0.139. The number of aromatic amines is 1. The molecule has 0 fully saturated rings. The molecule has 2 aromatic carbocycles. The third kappa shape index (κ3) is 5.52. The van der Waals surface area contributed by atoms with Crippen molar-refractivity contribution in [2.45, 2.75) is 25.6 Å². The van der Waals surface area contributed by atoms with Gasteiger partial charge in [-0.05, 0) is 35.2 Å². The Morgan fingerprint density at radius 2 is 2.17 bits per heavy atom. The second-order valence-electron chi connectivity index (χ2n) is 8.28. The van der Waals surface area contributed by atoms with Crippen LogP contribution >= 0.6 is 23.2 Å². The Morgan fingerprint density at radius 3 is 2.92 bits per heavy atom. The van der Waals surface area contributed by atoms with Crippen molar-refractivity contribution < 1.29 is 14.7 Å². The van der Waals surface area contributed by atoms with Gasteiger partial charge in [0.25, 0.3) is 5.91 Å². The van der Waals surface area contributed by atoms with Crippen molar-refractivity contribution in [1.82, 2.24) is 25.7 Å². The minimum atomic E-state index is -1.36. The van der Waals surface area contributed by atoms with Crippen LogP contribution in [0.1, 0.15) is 27.0 Å². The summed E-state index contributed by atoms with van der Waals surface area (Å²) in [5.74, 6) is -2.31. The predicted molar refractivity (Wildman–Crippen MR) is 135 cm³/mol. The molecule has 186 valence electrons. The van der Waals surface area contributed by atoms with Gasteiger partial charge in [0.15, 0.2) is 0 Å². The monoisotopic (exact) mass is 528 g/mol. The number of H-pyrrole nitrogens is 1. The average Bonchev–Trinajstić information content (AvgIpc) is 3.29. The molecule has 6 N–H and O–H groups in total. The zero-order valence-corrected chi connectivity index (χ0v) is 20.4. The summed E-state index contributed by atoms with van der Waals surface area (Å²) in [6.45, 7) is 1.74. The maximum absolute atomic E-state index is 12.9. The molecule has 13 heteroatoms. The highest BCUT2D eigenvalue weighted by atomic mass is 35.5. The smallest absolute Gasteiger partial charge is 0.328 e. The van der Waals surface area contributed by atoms with Crippen LogP contribution in [0.15, 0.2) is 35.5 Å². The minimum absolute atomic E-state index is 0.0140. The van der Waals surface area contributed by atoms with Crippen molar-refractivity contribution in [3.8, 4) is 6.19 Å². The van der Waals surface area contributed by atoms with Crippen LogP contribution in [-0.2, 0) is 24.3 Å². The second kappa shape index (κ2) is 10.8. The summed E-state index contributed by atoms with van der Waals surface area (Å²) in [4.78, 5) is 30.1. The first-order chi connectivity index (χ1) is 17.3. The number of carboxylic acid groups (broad SMARTS) is 1. The topological polar surface area (TPSA) is 173 Å². The summed E-state index contributed by atoms with van der Waals surface area (Å²) >= 11 is 13.0. The number of carbonyl (C=O) groups excluding carboxylic acids is 1. The average molecular weight is 529 g/mol. The van der Waals surface area contributed by atoms with Crippen LogP contribution in [0.25, 0.3) is 10.9 Å². The predicted octanol–water partition coefficient (Wildman–Crippen LogP) is 2.00. The minimum Gasteiger partial charge on any atom is -0.480 e. The van der Waals surface area contributed by atoms with Crippen molar-refractivity contribution in [3.05, 3.63) is 62.8 Å². The molecule has 0 saturated heterocycles. The SMILES string of the molecule is N#C/N=C(/N)NC[C@H](NC(=O)c1c(Cl)cc2c(c1Cl)CCN(Cc1ccc3cn[nH]c3c1)C2)C(=O)O. The Bertz CT molecular complexity index is 1400. The quantitative estimate of drug-likeness (QED) is 0.176. The number of nitrogens with one attached hydrogen (secondary N) is 3. The number of hydrogen-bond donors (Lipinski definition) is 5. The van der Waals surface area contributed by atoms with E-state index in [0.29, 0.717) is 13.0 Å². The van der Waals surface area contributed by atoms with E-state index < -0.39 is 17.9 Å². The molecule has 1 aromatic heterocycles. The Morgan fingerprint density at radius 1 is 1.36 bits per heavy atom. The van der Waals surface area contributed by atoms with E-state index in [2.05, 4.69) is 42.9 Å². The van der Waals surface area contributed by atoms with Gasteiger partial charge in [-0.3, -0.25) is 14.8 Å². The fourth-order valence-electron chi connectivity index (χ4n) is 4.12. The number of halogens is 2. The first-order valence-electron chi connectivity index (χ1n) is 10.9. The summed E-state index contributed by atoms with van der Waals surface area (Å²) in [6.07, 6.45) is 3.86. The van der Waals surface area contributed by atoms with Gasteiger partial charge < -0.3 is 21.5 Å². The number of aliphatic carboxylic acids is 1. The molecule has 1 aliphatic heterocycles. The van der Waals surface area contributed by atoms with Crippen molar-refractivity contribution in [2.24, 2.45) is 10.7 Å². The van der Waals surface area contributed by atoms with Gasteiger partial charge in [-0.15, -0.1) is 4.99 Å². The van der Waals surface area contributed by atoms with E-state index in [4.69, 9.17) is 34.2 Å². The number of nitrogens with zero attached hydrogens (tertiary/aromatic N) is 4. The molecule has 11 nitrogen and oxygen atoms in total. The van der Waals surface area contributed by atoms with Gasteiger partial charge in [-0.25, -0.2) is 4.79 Å². The van der Waals surface area contributed by atoms with Crippen LogP contribution in [-0.4, -0.2) is 57.2 Å². The number of fused-ring (bicyclic) bond motifs is 2. The van der Waals surface area contributed by atoms with Crippen molar-refractivity contribution in [2.75, 3.05) is 13.1 Å². The number of hydrogen-bond acceptors (Lipinski definition) is 6. The summed E-state index contributed by atoms with van der Waals surface area (Å²) in [5, 5.41) is 31.2. The summed E-state index contributed by atoms with van der Waals surface area (Å²) in [6, 6.07) is 6.49. The zero-order chi connectivity index (χ0) is 25.8. The van der Waals surface area contributed by atoms with Gasteiger partial charge in [0.1, 0.15) is 6.04 Å². The number of nitriles is 1. The van der Waals surface area contributed by atoms with Crippen LogP contribution in [0, 0.1) is 11.5 Å². The number of guanidine groups is 1. The van der Waals surface area contributed by atoms with E-state index in [1.54, 1.807) is 12.3 Å². The van der Waals surface area contributed by atoms with Crippen LogP contribution < -0.4 is 16.4 Å². The van der Waals surface area contributed by atoms with Gasteiger partial charge >= 0.3 is 5.97 Å². The number of benzene rings is 2. The molecule has 1 amide bonds. The normalized spacial score (nSPS) is 14.6. The zero-order valence-electron chi connectivity index (χ0n) is 18.9. The van der Waals surface area contributed by atoms with Gasteiger partial charge in [-0.1, -0.05) is 35.3 Å². The fraction of sp³-hybridized carbons (Fsp3) is 0.261. The molecule has 4 rings (SSSR count). The summed E-state index contributed by atoms with van der Waals surface area (Å²) in [5.41, 5.74) is 9.28. The molecule has 0 spiro atoms. The Kier molecular flexibility index (Phi) is 7.59. The molecule has 1 atom stereocenters. The number of aliphatic imine (C=N–C) groups is 1. The fourth-order valence-corrected chi connectivity index (χ4v) is 4.89. The van der Waals surface area contributed by atoms with E-state index in [-0.39, 0.29) is 28.1 Å². The third-order valence-corrected chi connectivity index (χ3v) is 6.60. The molecule has 0 radical (unpaired) electrons. The highest BCUT2D eigenvalue weighted by Crippen LogP contribution is 2.35. The van der Waals surface area contributed by atoms with Gasteiger partial charge in [0.05, 0.1) is 27.3 Å². The number of carboxylic acids is 1. The van der Waals surface area contributed by atoms with Crippen molar-refractivity contribution in [3.63, 3.8) is 0 Å². The maximum Gasteiger partial charge on any atom is 0.328 e. The van der Waals surface area contributed by atoms with Crippen LogP contribution in [0.2, 0.25) is 10.0 Å². The van der Waals surface area contributed by atoms with Crippen LogP contribution in [0.3, 0.4) is 0 Å². The van der Waals surface area contributed by atoms with E-state index in [1.807, 2.05) is 6.07 Å². The number of aromatic nitrogens is 2. The first-order valence-corrected chi connectivity index (χ1v) is 11.7. The Balaban J connectivity index is 1.48. The maximum atomic E-state index is 12.9. The highest BCUT2D eigenvalue weighted by Gasteiger charge is 2.28.